The topological polar surface area (TPSA) is 52.0 Å². The highest BCUT2D eigenvalue weighted by molar-refractivity contribution is 4.97. The zero-order valence-electron chi connectivity index (χ0n) is 12.3. The van der Waals surface area contributed by atoms with Gasteiger partial charge in [-0.2, -0.15) is 5.10 Å². The zero-order chi connectivity index (χ0) is 13.7. The van der Waals surface area contributed by atoms with E-state index in [0.29, 0.717) is 12.1 Å². The molecule has 2 atom stereocenters. The first-order valence-corrected chi connectivity index (χ1v) is 7.44. The molecule has 0 spiro atoms. The number of rotatable bonds is 9. The summed E-state index contributed by atoms with van der Waals surface area (Å²) in [5.41, 5.74) is 0. The predicted octanol–water partition coefficient (Wildman–Crippen LogP) is 1.54. The summed E-state index contributed by atoms with van der Waals surface area (Å²) in [6.07, 6.45) is 6.56. The summed E-state index contributed by atoms with van der Waals surface area (Å²) in [4.78, 5) is 4.34. The quantitative estimate of drug-likeness (QED) is 0.736. The number of hydrogen-bond donors (Lipinski definition) is 1. The van der Waals surface area contributed by atoms with Gasteiger partial charge in [0.15, 0.2) is 0 Å². The standard InChI is InChI=1S/C14H26N4O/c1-4-8-15-12(9-13-16-10-17-18(13)3)14(19-5-2)11-6-7-11/h10-12,14-15H,4-9H2,1-3H3. The molecule has 0 amide bonds. The molecule has 1 N–H and O–H groups in total. The van der Waals surface area contributed by atoms with Crippen molar-refractivity contribution in [1.29, 1.82) is 0 Å². The van der Waals surface area contributed by atoms with E-state index in [-0.39, 0.29) is 0 Å². The van der Waals surface area contributed by atoms with Gasteiger partial charge in [-0.15, -0.1) is 0 Å². The summed E-state index contributed by atoms with van der Waals surface area (Å²) >= 11 is 0. The van der Waals surface area contributed by atoms with Crippen molar-refractivity contribution in [3.8, 4) is 0 Å². The molecule has 108 valence electrons. The van der Waals surface area contributed by atoms with Crippen molar-refractivity contribution in [3.63, 3.8) is 0 Å². The first kappa shape index (κ1) is 14.5. The molecule has 0 saturated heterocycles. The van der Waals surface area contributed by atoms with E-state index in [1.807, 2.05) is 11.7 Å². The Morgan fingerprint density at radius 3 is 2.79 bits per heavy atom. The minimum Gasteiger partial charge on any atom is -0.377 e. The number of hydrogen-bond acceptors (Lipinski definition) is 4. The van der Waals surface area contributed by atoms with E-state index in [2.05, 4.69) is 29.2 Å². The van der Waals surface area contributed by atoms with Gasteiger partial charge in [-0.3, -0.25) is 4.68 Å². The predicted molar refractivity (Wildman–Crippen MR) is 74.9 cm³/mol. The number of ether oxygens (including phenoxy) is 1. The summed E-state index contributed by atoms with van der Waals surface area (Å²) in [6, 6.07) is 0.343. The maximum atomic E-state index is 5.99. The normalized spacial score (nSPS) is 18.5. The van der Waals surface area contributed by atoms with Crippen LogP contribution in [0.25, 0.3) is 0 Å². The number of aryl methyl sites for hydroxylation is 1. The maximum Gasteiger partial charge on any atom is 0.138 e. The van der Waals surface area contributed by atoms with E-state index < -0.39 is 0 Å². The molecule has 0 aliphatic heterocycles. The maximum absolute atomic E-state index is 5.99. The van der Waals surface area contributed by atoms with Crippen LogP contribution in [0, 0.1) is 5.92 Å². The molecular weight excluding hydrogens is 240 g/mol. The fourth-order valence-corrected chi connectivity index (χ4v) is 2.53. The van der Waals surface area contributed by atoms with Crippen LogP contribution in [0.1, 0.15) is 38.9 Å². The Morgan fingerprint density at radius 1 is 1.47 bits per heavy atom. The molecule has 1 saturated carbocycles. The van der Waals surface area contributed by atoms with Crippen LogP contribution in [0.2, 0.25) is 0 Å². The lowest BCUT2D eigenvalue weighted by molar-refractivity contribution is 0.0186. The fourth-order valence-electron chi connectivity index (χ4n) is 2.53. The van der Waals surface area contributed by atoms with Gasteiger partial charge >= 0.3 is 0 Å². The minimum absolute atomic E-state index is 0.313. The molecule has 19 heavy (non-hydrogen) atoms. The van der Waals surface area contributed by atoms with Crippen molar-refractivity contribution >= 4 is 0 Å². The van der Waals surface area contributed by atoms with Gasteiger partial charge in [0, 0.05) is 26.1 Å². The van der Waals surface area contributed by atoms with E-state index in [1.54, 1.807) is 6.33 Å². The third-order valence-corrected chi connectivity index (χ3v) is 3.71. The highest BCUT2D eigenvalue weighted by Crippen LogP contribution is 2.36. The summed E-state index contributed by atoms with van der Waals surface area (Å²) in [5, 5.41) is 7.79. The second kappa shape index (κ2) is 7.01. The van der Waals surface area contributed by atoms with Crippen LogP contribution in [0.4, 0.5) is 0 Å². The molecule has 0 bridgehead atoms. The SMILES string of the molecule is CCCNC(Cc1ncnn1C)C(OCC)C1CC1. The van der Waals surface area contributed by atoms with Crippen LogP contribution >= 0.6 is 0 Å². The summed E-state index contributed by atoms with van der Waals surface area (Å²) < 4.78 is 7.85. The van der Waals surface area contributed by atoms with Gasteiger partial charge in [0.05, 0.1) is 6.10 Å². The fraction of sp³-hybridized carbons (Fsp3) is 0.857. The number of nitrogens with one attached hydrogen (secondary N) is 1. The van der Waals surface area contributed by atoms with E-state index >= 15 is 0 Å². The Balaban J connectivity index is 2.02. The minimum atomic E-state index is 0.313. The first-order chi connectivity index (χ1) is 9.26. The highest BCUT2D eigenvalue weighted by atomic mass is 16.5. The lowest BCUT2D eigenvalue weighted by Gasteiger charge is -2.28. The van der Waals surface area contributed by atoms with Gasteiger partial charge in [0.25, 0.3) is 0 Å². The van der Waals surface area contributed by atoms with Gasteiger partial charge in [0.1, 0.15) is 12.2 Å². The van der Waals surface area contributed by atoms with Crippen molar-refractivity contribution in [1.82, 2.24) is 20.1 Å². The van der Waals surface area contributed by atoms with Gasteiger partial charge in [-0.05, 0) is 38.6 Å². The van der Waals surface area contributed by atoms with Crippen molar-refractivity contribution in [2.45, 2.75) is 51.7 Å². The van der Waals surface area contributed by atoms with Crippen LogP contribution in [0.15, 0.2) is 6.33 Å². The Bertz CT molecular complexity index is 375. The highest BCUT2D eigenvalue weighted by Gasteiger charge is 2.37. The van der Waals surface area contributed by atoms with Crippen molar-refractivity contribution < 1.29 is 4.74 Å². The molecule has 0 radical (unpaired) electrons. The molecule has 1 aliphatic carbocycles. The lowest BCUT2D eigenvalue weighted by Crippen LogP contribution is -2.45. The second-order valence-corrected chi connectivity index (χ2v) is 5.32. The van der Waals surface area contributed by atoms with Gasteiger partial charge < -0.3 is 10.1 Å². The van der Waals surface area contributed by atoms with Crippen LogP contribution in [0.5, 0.6) is 0 Å². The van der Waals surface area contributed by atoms with Crippen LogP contribution in [-0.4, -0.2) is 40.1 Å². The average molecular weight is 266 g/mol. The Kier molecular flexibility index (Phi) is 5.34. The van der Waals surface area contributed by atoms with Crippen LogP contribution in [0.3, 0.4) is 0 Å². The number of aromatic nitrogens is 3. The Hall–Kier alpha value is -0.940. The first-order valence-electron chi connectivity index (χ1n) is 7.44. The monoisotopic (exact) mass is 266 g/mol. The smallest absolute Gasteiger partial charge is 0.138 e. The molecule has 1 heterocycles. The molecular formula is C14H26N4O. The summed E-state index contributed by atoms with van der Waals surface area (Å²) in [5.74, 6) is 1.75. The van der Waals surface area contributed by atoms with Crippen LogP contribution < -0.4 is 5.32 Å². The molecule has 1 aromatic heterocycles. The molecule has 5 nitrogen and oxygen atoms in total. The van der Waals surface area contributed by atoms with E-state index in [4.69, 9.17) is 4.74 Å². The van der Waals surface area contributed by atoms with Crippen molar-refractivity contribution in [2.75, 3.05) is 13.2 Å². The molecule has 1 fully saturated rings. The number of nitrogens with zero attached hydrogens (tertiary/aromatic N) is 3. The zero-order valence-corrected chi connectivity index (χ0v) is 12.3. The van der Waals surface area contributed by atoms with Crippen molar-refractivity contribution in [3.05, 3.63) is 12.2 Å². The third-order valence-electron chi connectivity index (χ3n) is 3.71. The van der Waals surface area contributed by atoms with Gasteiger partial charge in [-0.25, -0.2) is 4.98 Å². The molecule has 1 aliphatic rings. The van der Waals surface area contributed by atoms with Crippen molar-refractivity contribution in [2.24, 2.45) is 13.0 Å². The van der Waals surface area contributed by atoms with E-state index in [0.717, 1.165) is 37.7 Å². The Labute approximate surface area is 115 Å². The third kappa shape index (κ3) is 4.01. The van der Waals surface area contributed by atoms with Gasteiger partial charge in [-0.1, -0.05) is 6.92 Å². The molecule has 1 aromatic rings. The van der Waals surface area contributed by atoms with Crippen LogP contribution in [-0.2, 0) is 18.2 Å². The molecule has 2 unspecified atom stereocenters. The average Bonchev–Trinajstić information content (AvgIpc) is 3.17. The Morgan fingerprint density at radius 2 is 2.26 bits per heavy atom. The summed E-state index contributed by atoms with van der Waals surface area (Å²) in [7, 11) is 1.95. The second-order valence-electron chi connectivity index (χ2n) is 5.32. The van der Waals surface area contributed by atoms with E-state index in [1.165, 1.54) is 12.8 Å². The molecule has 0 aromatic carbocycles. The molecule has 5 heteroatoms. The molecule has 2 rings (SSSR count). The summed E-state index contributed by atoms with van der Waals surface area (Å²) in [6.45, 7) is 6.08. The van der Waals surface area contributed by atoms with Gasteiger partial charge in [0.2, 0.25) is 0 Å². The largest absolute Gasteiger partial charge is 0.377 e. The van der Waals surface area contributed by atoms with E-state index in [9.17, 15) is 0 Å². The lowest BCUT2D eigenvalue weighted by atomic mass is 10.0.